The lowest BCUT2D eigenvalue weighted by Gasteiger charge is -2.12. The van der Waals surface area contributed by atoms with Gasteiger partial charge < -0.3 is 4.74 Å². The maximum Gasteiger partial charge on any atom is 0.183 e. The van der Waals surface area contributed by atoms with Crippen molar-refractivity contribution in [1.29, 1.82) is 0 Å². The summed E-state index contributed by atoms with van der Waals surface area (Å²) in [7, 11) is 1.63. The van der Waals surface area contributed by atoms with Gasteiger partial charge in [0.1, 0.15) is 5.52 Å². The number of aryl methyl sites for hydroxylation is 1. The average Bonchev–Trinajstić information content (AvgIpc) is 3.01. The van der Waals surface area contributed by atoms with E-state index in [1.807, 2.05) is 47.7 Å². The molecule has 0 aliphatic heterocycles. The van der Waals surface area contributed by atoms with Crippen molar-refractivity contribution in [1.82, 2.24) is 19.6 Å². The Morgan fingerprint density at radius 2 is 1.92 bits per heavy atom. The quantitative estimate of drug-likeness (QED) is 0.488. The lowest BCUT2D eigenvalue weighted by molar-refractivity contribution is 0.416. The minimum absolute atomic E-state index is 0.614. The Hall–Kier alpha value is -2.18. The second kappa shape index (κ2) is 5.72. The van der Waals surface area contributed by atoms with Crippen LogP contribution in [-0.4, -0.2) is 26.7 Å². The molecule has 0 radical (unpaired) electrons. The van der Waals surface area contributed by atoms with E-state index in [0.717, 1.165) is 26.8 Å². The van der Waals surface area contributed by atoms with Gasteiger partial charge >= 0.3 is 0 Å². The highest BCUT2D eigenvalue weighted by Crippen LogP contribution is 2.36. The normalized spacial score (nSPS) is 11.3. The second-order valence-corrected chi connectivity index (χ2v) is 6.57. The zero-order valence-corrected chi connectivity index (χ0v) is 15.3. The largest absolute Gasteiger partial charge is 0.493 e. The summed E-state index contributed by atoms with van der Waals surface area (Å²) in [5.74, 6) is 1.33. The van der Waals surface area contributed by atoms with Gasteiger partial charge in [0.15, 0.2) is 17.2 Å². The first-order chi connectivity index (χ1) is 11.6. The summed E-state index contributed by atoms with van der Waals surface area (Å²) >= 11 is 9.91. The topological polar surface area (TPSA) is 52.3 Å². The molecule has 120 valence electrons. The van der Waals surface area contributed by atoms with Crippen molar-refractivity contribution in [3.8, 4) is 17.1 Å². The molecule has 0 aliphatic rings. The van der Waals surface area contributed by atoms with E-state index in [1.165, 1.54) is 0 Å². The number of benzene rings is 2. The third-order valence-electron chi connectivity index (χ3n) is 3.88. The number of rotatable bonds is 2. The van der Waals surface area contributed by atoms with Crippen LogP contribution in [0.25, 0.3) is 28.1 Å². The van der Waals surface area contributed by atoms with Crippen molar-refractivity contribution in [2.24, 2.45) is 0 Å². The molecule has 7 heteroatoms. The number of hydrogen-bond acceptors (Lipinski definition) is 4. The van der Waals surface area contributed by atoms with Crippen LogP contribution >= 0.6 is 27.5 Å². The summed E-state index contributed by atoms with van der Waals surface area (Å²) < 4.78 is 8.38. The predicted molar refractivity (Wildman–Crippen MR) is 97.7 cm³/mol. The molecule has 0 unspecified atom stereocenters. The van der Waals surface area contributed by atoms with Crippen LogP contribution in [0.4, 0.5) is 0 Å². The van der Waals surface area contributed by atoms with Gasteiger partial charge in [0.25, 0.3) is 0 Å². The van der Waals surface area contributed by atoms with E-state index in [0.29, 0.717) is 22.2 Å². The van der Waals surface area contributed by atoms with Crippen LogP contribution in [0.15, 0.2) is 40.9 Å². The zero-order chi connectivity index (χ0) is 16.8. The van der Waals surface area contributed by atoms with Crippen LogP contribution in [-0.2, 0) is 0 Å². The lowest BCUT2D eigenvalue weighted by Crippen LogP contribution is -2.00. The van der Waals surface area contributed by atoms with Crippen LogP contribution in [0.1, 0.15) is 5.69 Å². The van der Waals surface area contributed by atoms with Gasteiger partial charge in [0.2, 0.25) is 0 Å². The fourth-order valence-corrected chi connectivity index (χ4v) is 3.52. The molecule has 24 heavy (non-hydrogen) atoms. The highest BCUT2D eigenvalue weighted by atomic mass is 79.9. The third kappa shape index (κ3) is 2.17. The number of methoxy groups -OCH3 is 1. The Morgan fingerprint density at radius 3 is 2.67 bits per heavy atom. The van der Waals surface area contributed by atoms with Gasteiger partial charge in [0, 0.05) is 5.56 Å². The van der Waals surface area contributed by atoms with Crippen molar-refractivity contribution >= 4 is 44.2 Å². The molecule has 2 aromatic carbocycles. The number of halogens is 2. The number of nitrogens with zero attached hydrogens (tertiary/aromatic N) is 4. The standard InChI is InChI=1S/C17H12BrClN4O/c1-9-16-21-22-17(10-5-3-4-6-12(10)19)23(16)14-13(20-9)8-7-11(18)15(14)24-2/h3-8H,1-2H3. The van der Waals surface area contributed by atoms with Crippen LogP contribution in [0.3, 0.4) is 0 Å². The first-order valence-electron chi connectivity index (χ1n) is 7.24. The Balaban J connectivity index is 2.24. The first kappa shape index (κ1) is 15.4. The minimum Gasteiger partial charge on any atom is -0.493 e. The SMILES string of the molecule is COc1c(Br)ccc2nc(C)c3nnc(-c4ccccc4Cl)n3c12. The van der Waals surface area contributed by atoms with Crippen LogP contribution in [0.5, 0.6) is 5.75 Å². The molecule has 4 aromatic rings. The van der Waals surface area contributed by atoms with E-state index in [9.17, 15) is 0 Å². The van der Waals surface area contributed by atoms with Crippen molar-refractivity contribution in [3.63, 3.8) is 0 Å². The van der Waals surface area contributed by atoms with Crippen molar-refractivity contribution < 1.29 is 4.74 Å². The molecule has 4 rings (SSSR count). The first-order valence-corrected chi connectivity index (χ1v) is 8.41. The summed E-state index contributed by atoms with van der Waals surface area (Å²) in [5, 5.41) is 9.29. The summed E-state index contributed by atoms with van der Waals surface area (Å²) in [5.41, 5.74) is 3.87. The summed E-state index contributed by atoms with van der Waals surface area (Å²) in [6.07, 6.45) is 0. The van der Waals surface area contributed by atoms with Gasteiger partial charge in [-0.1, -0.05) is 23.7 Å². The Kier molecular flexibility index (Phi) is 3.66. The van der Waals surface area contributed by atoms with Gasteiger partial charge in [-0.25, -0.2) is 4.98 Å². The highest BCUT2D eigenvalue weighted by Gasteiger charge is 2.19. The molecule has 5 nitrogen and oxygen atoms in total. The Labute approximate surface area is 151 Å². The van der Waals surface area contributed by atoms with E-state index >= 15 is 0 Å². The van der Waals surface area contributed by atoms with Gasteiger partial charge in [-0.3, -0.25) is 4.40 Å². The number of hydrogen-bond donors (Lipinski definition) is 0. The van der Waals surface area contributed by atoms with Gasteiger partial charge in [-0.15, -0.1) is 10.2 Å². The number of aromatic nitrogens is 4. The van der Waals surface area contributed by atoms with Crippen molar-refractivity contribution in [2.45, 2.75) is 6.92 Å². The van der Waals surface area contributed by atoms with Crippen molar-refractivity contribution in [3.05, 3.63) is 51.6 Å². The fraction of sp³-hybridized carbons (Fsp3) is 0.118. The second-order valence-electron chi connectivity index (χ2n) is 5.31. The molecule has 0 amide bonds. The molecule has 0 N–H and O–H groups in total. The molecule has 0 bridgehead atoms. The predicted octanol–water partition coefficient (Wildman–Crippen LogP) is 4.68. The van der Waals surface area contributed by atoms with Gasteiger partial charge in [0.05, 0.1) is 27.8 Å². The van der Waals surface area contributed by atoms with Crippen LogP contribution < -0.4 is 4.74 Å². The van der Waals surface area contributed by atoms with Crippen LogP contribution in [0.2, 0.25) is 5.02 Å². The van der Waals surface area contributed by atoms with Crippen LogP contribution in [0, 0.1) is 6.92 Å². The zero-order valence-electron chi connectivity index (χ0n) is 12.9. The Bertz CT molecular complexity index is 1090. The molecule has 0 spiro atoms. The molecule has 0 saturated carbocycles. The van der Waals surface area contributed by atoms with Crippen molar-refractivity contribution in [2.75, 3.05) is 7.11 Å². The van der Waals surface area contributed by atoms with E-state index in [1.54, 1.807) is 7.11 Å². The molecular formula is C17H12BrClN4O. The molecule has 0 saturated heterocycles. The summed E-state index contributed by atoms with van der Waals surface area (Å²) in [6, 6.07) is 11.4. The Morgan fingerprint density at radius 1 is 1.12 bits per heavy atom. The summed E-state index contributed by atoms with van der Waals surface area (Å²) in [4.78, 5) is 4.63. The molecule has 2 heterocycles. The average molecular weight is 404 g/mol. The van der Waals surface area contributed by atoms with Gasteiger partial charge in [-0.05, 0) is 47.1 Å². The fourth-order valence-electron chi connectivity index (χ4n) is 2.81. The molecule has 0 fully saturated rings. The molecule has 0 aliphatic carbocycles. The minimum atomic E-state index is 0.614. The smallest absolute Gasteiger partial charge is 0.183 e. The third-order valence-corrected chi connectivity index (χ3v) is 4.83. The monoisotopic (exact) mass is 402 g/mol. The lowest BCUT2D eigenvalue weighted by atomic mass is 10.2. The molecule has 2 aromatic heterocycles. The van der Waals surface area contributed by atoms with E-state index in [4.69, 9.17) is 16.3 Å². The number of fused-ring (bicyclic) bond motifs is 3. The van der Waals surface area contributed by atoms with E-state index < -0.39 is 0 Å². The van der Waals surface area contributed by atoms with Gasteiger partial charge in [-0.2, -0.15) is 0 Å². The molecular weight excluding hydrogens is 392 g/mol. The summed E-state index contributed by atoms with van der Waals surface area (Å²) in [6.45, 7) is 1.91. The molecule has 0 atom stereocenters. The van der Waals surface area contributed by atoms with E-state index in [-0.39, 0.29) is 0 Å². The maximum atomic E-state index is 6.37. The van der Waals surface area contributed by atoms with E-state index in [2.05, 4.69) is 31.1 Å². The maximum absolute atomic E-state index is 6.37. The highest BCUT2D eigenvalue weighted by molar-refractivity contribution is 9.10. The number of ether oxygens (including phenoxy) is 1.